The number of rotatable bonds is 5. The molecular formula is C13H27N3. The molecule has 1 saturated carbocycles. The third-order valence-corrected chi connectivity index (χ3v) is 4.18. The largest absolute Gasteiger partial charge is 0.315 e. The lowest BCUT2D eigenvalue weighted by molar-refractivity contribution is 0.233. The topological polar surface area (TPSA) is 27.3 Å². The van der Waals surface area contributed by atoms with Crippen LogP contribution in [0.1, 0.15) is 32.6 Å². The molecule has 0 unspecified atom stereocenters. The van der Waals surface area contributed by atoms with E-state index in [1.807, 2.05) is 0 Å². The van der Waals surface area contributed by atoms with Crippen molar-refractivity contribution in [1.29, 1.82) is 0 Å². The minimum atomic E-state index is 0.601. The Morgan fingerprint density at radius 3 is 2.56 bits per heavy atom. The van der Waals surface area contributed by atoms with Gasteiger partial charge in [-0.1, -0.05) is 19.8 Å². The van der Waals surface area contributed by atoms with Crippen molar-refractivity contribution in [3.8, 4) is 0 Å². The number of nitrogens with zero attached hydrogens (tertiary/aromatic N) is 1. The number of piperazine rings is 1. The number of hydrogen-bond donors (Lipinski definition) is 2. The Morgan fingerprint density at radius 1 is 1.19 bits per heavy atom. The van der Waals surface area contributed by atoms with Crippen LogP contribution >= 0.6 is 0 Å². The van der Waals surface area contributed by atoms with Gasteiger partial charge in [0.25, 0.3) is 0 Å². The maximum Gasteiger partial charge on any atom is 0.0108 e. The molecule has 16 heavy (non-hydrogen) atoms. The predicted molar refractivity (Wildman–Crippen MR) is 68.8 cm³/mol. The van der Waals surface area contributed by atoms with Gasteiger partial charge in [-0.3, -0.25) is 4.90 Å². The third kappa shape index (κ3) is 3.72. The molecule has 2 fully saturated rings. The second-order valence-electron chi connectivity index (χ2n) is 5.79. The molecule has 1 heterocycles. The Labute approximate surface area is 100.0 Å². The Morgan fingerprint density at radius 2 is 1.88 bits per heavy atom. The van der Waals surface area contributed by atoms with Gasteiger partial charge in [-0.05, 0) is 18.3 Å². The van der Waals surface area contributed by atoms with E-state index in [4.69, 9.17) is 0 Å². The summed E-state index contributed by atoms with van der Waals surface area (Å²) < 4.78 is 0. The SMILES string of the molecule is CC1(CNCCN2CCNCC2)CCCC1. The van der Waals surface area contributed by atoms with Crippen LogP contribution in [0.5, 0.6) is 0 Å². The van der Waals surface area contributed by atoms with E-state index in [1.165, 1.54) is 51.9 Å². The number of nitrogens with one attached hydrogen (secondary N) is 2. The van der Waals surface area contributed by atoms with Crippen LogP contribution in [0.3, 0.4) is 0 Å². The third-order valence-electron chi connectivity index (χ3n) is 4.18. The molecule has 0 aromatic carbocycles. The van der Waals surface area contributed by atoms with Gasteiger partial charge in [-0.2, -0.15) is 0 Å². The van der Waals surface area contributed by atoms with Gasteiger partial charge in [-0.15, -0.1) is 0 Å². The van der Waals surface area contributed by atoms with Gasteiger partial charge in [-0.25, -0.2) is 0 Å². The van der Waals surface area contributed by atoms with E-state index in [0.717, 1.165) is 19.6 Å². The molecule has 0 aromatic heterocycles. The minimum absolute atomic E-state index is 0.601. The number of hydrogen-bond acceptors (Lipinski definition) is 3. The Balaban J connectivity index is 1.54. The van der Waals surface area contributed by atoms with Crippen LogP contribution in [0.4, 0.5) is 0 Å². The Bertz CT molecular complexity index is 193. The van der Waals surface area contributed by atoms with E-state index in [9.17, 15) is 0 Å². The van der Waals surface area contributed by atoms with Crippen molar-refractivity contribution in [2.24, 2.45) is 5.41 Å². The fourth-order valence-electron chi connectivity index (χ4n) is 2.97. The summed E-state index contributed by atoms with van der Waals surface area (Å²) in [6.45, 7) is 10.8. The van der Waals surface area contributed by atoms with E-state index in [-0.39, 0.29) is 0 Å². The molecule has 3 heteroatoms. The van der Waals surface area contributed by atoms with Crippen molar-refractivity contribution in [1.82, 2.24) is 15.5 Å². The molecule has 0 atom stereocenters. The average Bonchev–Trinajstić information content (AvgIpc) is 2.74. The van der Waals surface area contributed by atoms with Gasteiger partial charge in [0.15, 0.2) is 0 Å². The standard InChI is InChI=1S/C13H27N3/c1-13(4-2-3-5-13)12-15-8-11-16-9-6-14-7-10-16/h14-15H,2-12H2,1H3. The quantitative estimate of drug-likeness (QED) is 0.685. The highest BCUT2D eigenvalue weighted by atomic mass is 15.2. The first kappa shape index (κ1) is 12.3. The van der Waals surface area contributed by atoms with E-state index < -0.39 is 0 Å². The summed E-state index contributed by atoms with van der Waals surface area (Å²) in [5.74, 6) is 0. The van der Waals surface area contributed by atoms with Crippen molar-refractivity contribution >= 4 is 0 Å². The van der Waals surface area contributed by atoms with Crippen LogP contribution in [0.2, 0.25) is 0 Å². The average molecular weight is 225 g/mol. The van der Waals surface area contributed by atoms with Crippen molar-refractivity contribution in [2.45, 2.75) is 32.6 Å². The zero-order chi connectivity index (χ0) is 11.3. The van der Waals surface area contributed by atoms with Gasteiger partial charge < -0.3 is 10.6 Å². The molecule has 0 amide bonds. The lowest BCUT2D eigenvalue weighted by atomic mass is 9.89. The zero-order valence-corrected chi connectivity index (χ0v) is 10.7. The fourth-order valence-corrected chi connectivity index (χ4v) is 2.97. The summed E-state index contributed by atoms with van der Waals surface area (Å²) in [5.41, 5.74) is 0.601. The fraction of sp³-hybridized carbons (Fsp3) is 1.00. The molecule has 94 valence electrons. The highest BCUT2D eigenvalue weighted by Gasteiger charge is 2.27. The molecule has 0 radical (unpaired) electrons. The molecule has 2 rings (SSSR count). The maximum atomic E-state index is 3.65. The predicted octanol–water partition coefficient (Wildman–Crippen LogP) is 1.06. The van der Waals surface area contributed by atoms with Gasteiger partial charge in [0.2, 0.25) is 0 Å². The molecule has 0 bridgehead atoms. The zero-order valence-electron chi connectivity index (χ0n) is 10.7. The summed E-state index contributed by atoms with van der Waals surface area (Å²) in [6, 6.07) is 0. The second-order valence-corrected chi connectivity index (χ2v) is 5.79. The van der Waals surface area contributed by atoms with Crippen LogP contribution in [0, 0.1) is 5.41 Å². The lowest BCUT2D eigenvalue weighted by Gasteiger charge is -2.28. The molecule has 2 aliphatic rings. The summed E-state index contributed by atoms with van der Waals surface area (Å²) in [4.78, 5) is 2.56. The molecule has 1 aliphatic carbocycles. The molecule has 0 aromatic rings. The first-order chi connectivity index (χ1) is 7.79. The first-order valence-electron chi connectivity index (χ1n) is 6.92. The monoisotopic (exact) mass is 225 g/mol. The molecule has 1 aliphatic heterocycles. The van der Waals surface area contributed by atoms with Crippen LogP contribution in [-0.2, 0) is 0 Å². The summed E-state index contributed by atoms with van der Waals surface area (Å²) in [5, 5.41) is 7.05. The molecular weight excluding hydrogens is 198 g/mol. The summed E-state index contributed by atoms with van der Waals surface area (Å²) >= 11 is 0. The van der Waals surface area contributed by atoms with E-state index >= 15 is 0 Å². The minimum Gasteiger partial charge on any atom is -0.315 e. The molecule has 0 spiro atoms. The van der Waals surface area contributed by atoms with Crippen molar-refractivity contribution in [3.05, 3.63) is 0 Å². The van der Waals surface area contributed by atoms with Crippen LogP contribution in [-0.4, -0.2) is 50.7 Å². The smallest absolute Gasteiger partial charge is 0.0108 e. The lowest BCUT2D eigenvalue weighted by Crippen LogP contribution is -2.46. The molecule has 3 nitrogen and oxygen atoms in total. The van der Waals surface area contributed by atoms with Gasteiger partial charge >= 0.3 is 0 Å². The van der Waals surface area contributed by atoms with Crippen molar-refractivity contribution in [2.75, 3.05) is 45.8 Å². The highest BCUT2D eigenvalue weighted by molar-refractivity contribution is 4.82. The van der Waals surface area contributed by atoms with Crippen molar-refractivity contribution < 1.29 is 0 Å². The molecule has 1 saturated heterocycles. The van der Waals surface area contributed by atoms with E-state index in [1.54, 1.807) is 0 Å². The Hall–Kier alpha value is -0.120. The maximum absolute atomic E-state index is 3.65. The van der Waals surface area contributed by atoms with E-state index in [2.05, 4.69) is 22.5 Å². The van der Waals surface area contributed by atoms with Crippen LogP contribution in [0.15, 0.2) is 0 Å². The summed E-state index contributed by atoms with van der Waals surface area (Å²) in [7, 11) is 0. The van der Waals surface area contributed by atoms with Crippen LogP contribution in [0.25, 0.3) is 0 Å². The summed E-state index contributed by atoms with van der Waals surface area (Å²) in [6.07, 6.45) is 5.73. The normalized spacial score (nSPS) is 26.1. The first-order valence-corrected chi connectivity index (χ1v) is 6.92. The second kappa shape index (κ2) is 5.99. The van der Waals surface area contributed by atoms with Gasteiger partial charge in [0.1, 0.15) is 0 Å². The molecule has 2 N–H and O–H groups in total. The van der Waals surface area contributed by atoms with Gasteiger partial charge in [0.05, 0.1) is 0 Å². The van der Waals surface area contributed by atoms with Crippen molar-refractivity contribution in [3.63, 3.8) is 0 Å². The Kier molecular flexibility index (Phi) is 4.62. The highest BCUT2D eigenvalue weighted by Crippen LogP contribution is 2.36. The van der Waals surface area contributed by atoms with Crippen LogP contribution < -0.4 is 10.6 Å². The van der Waals surface area contributed by atoms with Gasteiger partial charge in [0, 0.05) is 45.8 Å². The van der Waals surface area contributed by atoms with E-state index in [0.29, 0.717) is 5.41 Å².